The van der Waals surface area contributed by atoms with Crippen molar-refractivity contribution in [3.63, 3.8) is 0 Å². The van der Waals surface area contributed by atoms with Gasteiger partial charge in [-0.2, -0.15) is 0 Å². The summed E-state index contributed by atoms with van der Waals surface area (Å²) < 4.78 is 0. The first-order valence-corrected chi connectivity index (χ1v) is 8.18. The Labute approximate surface area is 117 Å². The molecule has 0 saturated carbocycles. The maximum absolute atomic E-state index is 3.73. The molecule has 0 aromatic heterocycles. The number of hydrogen-bond donors (Lipinski definition) is 1. The summed E-state index contributed by atoms with van der Waals surface area (Å²) in [6, 6.07) is 9.26. The van der Waals surface area contributed by atoms with Crippen LogP contribution in [0.3, 0.4) is 0 Å². The topological polar surface area (TPSA) is 12.0 Å². The predicted molar refractivity (Wildman–Crippen MR) is 84.6 cm³/mol. The number of hydrogen-bond acceptors (Lipinski definition) is 2. The zero-order valence-electron chi connectivity index (χ0n) is 12.2. The quantitative estimate of drug-likeness (QED) is 0.629. The van der Waals surface area contributed by atoms with E-state index in [1.165, 1.54) is 29.8 Å². The second-order valence-corrected chi connectivity index (χ2v) is 6.23. The Morgan fingerprint density at radius 1 is 1.11 bits per heavy atom. The number of anilines is 1. The highest BCUT2D eigenvalue weighted by molar-refractivity contribution is 7.99. The van der Waals surface area contributed by atoms with E-state index < -0.39 is 0 Å². The van der Waals surface area contributed by atoms with Gasteiger partial charge in [-0.25, -0.2) is 0 Å². The summed E-state index contributed by atoms with van der Waals surface area (Å²) in [6.45, 7) is 9.10. The summed E-state index contributed by atoms with van der Waals surface area (Å²) in [7, 11) is 0. The van der Waals surface area contributed by atoms with Crippen LogP contribution >= 0.6 is 11.8 Å². The molecule has 2 unspecified atom stereocenters. The molecule has 1 rings (SSSR count). The molecule has 0 spiro atoms. The van der Waals surface area contributed by atoms with E-state index in [2.05, 4.69) is 57.3 Å². The summed E-state index contributed by atoms with van der Waals surface area (Å²) in [5, 5.41) is 3.73. The van der Waals surface area contributed by atoms with Crippen LogP contribution < -0.4 is 5.32 Å². The van der Waals surface area contributed by atoms with Gasteiger partial charge in [0.1, 0.15) is 0 Å². The maximum atomic E-state index is 3.73. The Morgan fingerprint density at radius 2 is 1.83 bits per heavy atom. The smallest absolute Gasteiger partial charge is 0.0480 e. The summed E-state index contributed by atoms with van der Waals surface area (Å²) in [5.41, 5.74) is 1.31. The zero-order valence-corrected chi connectivity index (χ0v) is 13.0. The Bertz CT molecular complexity index is 338. The van der Waals surface area contributed by atoms with Gasteiger partial charge >= 0.3 is 0 Å². The number of benzene rings is 1. The highest BCUT2D eigenvalue weighted by Crippen LogP contribution is 2.28. The lowest BCUT2D eigenvalue weighted by Crippen LogP contribution is -2.21. The van der Waals surface area contributed by atoms with Crippen molar-refractivity contribution in [2.24, 2.45) is 5.92 Å². The van der Waals surface area contributed by atoms with Crippen LogP contribution in [0.25, 0.3) is 0 Å². The Hall–Kier alpha value is -0.630. The highest BCUT2D eigenvalue weighted by Gasteiger charge is 2.11. The van der Waals surface area contributed by atoms with Crippen molar-refractivity contribution in [3.8, 4) is 0 Å². The fourth-order valence-corrected chi connectivity index (χ4v) is 2.84. The van der Waals surface area contributed by atoms with Crippen LogP contribution in [0.2, 0.25) is 0 Å². The normalized spacial score (nSPS) is 14.2. The van der Waals surface area contributed by atoms with Crippen molar-refractivity contribution in [1.82, 2.24) is 0 Å². The molecule has 0 saturated heterocycles. The van der Waals surface area contributed by atoms with Crippen LogP contribution in [0.15, 0.2) is 29.2 Å². The average Bonchev–Trinajstić information content (AvgIpc) is 2.40. The van der Waals surface area contributed by atoms with Crippen molar-refractivity contribution >= 4 is 17.4 Å². The number of thioether (sulfide) groups is 1. The van der Waals surface area contributed by atoms with Gasteiger partial charge in [-0.1, -0.05) is 46.2 Å². The molecule has 1 N–H and O–H groups in total. The molecular formula is C16H27NS. The van der Waals surface area contributed by atoms with Crippen molar-refractivity contribution in [2.75, 3.05) is 11.1 Å². The lowest BCUT2D eigenvalue weighted by Gasteiger charge is -2.22. The van der Waals surface area contributed by atoms with Crippen molar-refractivity contribution in [1.29, 1.82) is 0 Å². The van der Waals surface area contributed by atoms with Gasteiger partial charge in [-0.3, -0.25) is 0 Å². The molecule has 2 heteroatoms. The fraction of sp³-hybridized carbons (Fsp3) is 0.625. The molecule has 102 valence electrons. The van der Waals surface area contributed by atoms with Crippen LogP contribution in [0.4, 0.5) is 5.69 Å². The van der Waals surface area contributed by atoms with Gasteiger partial charge in [0.05, 0.1) is 0 Å². The number of para-hydroxylation sites is 1. The SMILES string of the molecule is CCSc1ccccc1NC(CC)CC(C)CC. The van der Waals surface area contributed by atoms with E-state index in [-0.39, 0.29) is 0 Å². The molecule has 0 amide bonds. The van der Waals surface area contributed by atoms with Crippen molar-refractivity contribution in [2.45, 2.75) is 57.9 Å². The van der Waals surface area contributed by atoms with E-state index >= 15 is 0 Å². The Morgan fingerprint density at radius 3 is 2.44 bits per heavy atom. The summed E-state index contributed by atoms with van der Waals surface area (Å²) in [5.74, 6) is 1.93. The molecular weight excluding hydrogens is 238 g/mol. The molecule has 1 aromatic carbocycles. The predicted octanol–water partition coefficient (Wildman–Crippen LogP) is 5.43. The molecule has 2 atom stereocenters. The molecule has 0 aliphatic heterocycles. The summed E-state index contributed by atoms with van der Waals surface area (Å²) in [4.78, 5) is 1.38. The van der Waals surface area contributed by atoms with Crippen LogP contribution in [0.1, 0.15) is 47.0 Å². The Balaban J connectivity index is 2.68. The standard InChI is InChI=1S/C16H27NS/c1-5-13(4)12-14(6-2)17-15-10-8-9-11-16(15)18-7-3/h8-11,13-14,17H,5-7,12H2,1-4H3. The van der Waals surface area contributed by atoms with Crippen LogP contribution in [-0.2, 0) is 0 Å². The van der Waals surface area contributed by atoms with Crippen LogP contribution in [0, 0.1) is 5.92 Å². The summed E-state index contributed by atoms with van der Waals surface area (Å²) >= 11 is 1.92. The monoisotopic (exact) mass is 265 g/mol. The largest absolute Gasteiger partial charge is 0.381 e. The van der Waals surface area contributed by atoms with Crippen LogP contribution in [-0.4, -0.2) is 11.8 Å². The van der Waals surface area contributed by atoms with Gasteiger partial charge in [0.25, 0.3) is 0 Å². The molecule has 0 bridgehead atoms. The lowest BCUT2D eigenvalue weighted by atomic mass is 9.97. The van der Waals surface area contributed by atoms with Gasteiger partial charge in [-0.05, 0) is 36.6 Å². The average molecular weight is 265 g/mol. The third-order valence-electron chi connectivity index (χ3n) is 3.42. The van der Waals surface area contributed by atoms with Gasteiger partial charge in [0.2, 0.25) is 0 Å². The van der Waals surface area contributed by atoms with E-state index in [4.69, 9.17) is 0 Å². The van der Waals surface area contributed by atoms with Crippen LogP contribution in [0.5, 0.6) is 0 Å². The maximum Gasteiger partial charge on any atom is 0.0480 e. The minimum absolute atomic E-state index is 0.596. The third kappa shape index (κ3) is 4.93. The number of nitrogens with one attached hydrogen (secondary N) is 1. The fourth-order valence-electron chi connectivity index (χ4n) is 2.07. The van der Waals surface area contributed by atoms with Crippen molar-refractivity contribution < 1.29 is 0 Å². The van der Waals surface area contributed by atoms with Gasteiger partial charge < -0.3 is 5.32 Å². The first-order chi connectivity index (χ1) is 8.71. The van der Waals surface area contributed by atoms with E-state index in [0.717, 1.165) is 11.7 Å². The summed E-state index contributed by atoms with van der Waals surface area (Å²) in [6.07, 6.45) is 3.72. The molecule has 1 aromatic rings. The van der Waals surface area contributed by atoms with Gasteiger partial charge in [-0.15, -0.1) is 11.8 Å². The van der Waals surface area contributed by atoms with E-state index in [9.17, 15) is 0 Å². The molecule has 18 heavy (non-hydrogen) atoms. The Kier molecular flexibility index (Phi) is 7.26. The second kappa shape index (κ2) is 8.47. The second-order valence-electron chi connectivity index (χ2n) is 4.93. The highest BCUT2D eigenvalue weighted by atomic mass is 32.2. The van der Waals surface area contributed by atoms with E-state index in [1.807, 2.05) is 11.8 Å². The molecule has 0 aliphatic carbocycles. The minimum Gasteiger partial charge on any atom is -0.381 e. The molecule has 0 fully saturated rings. The molecule has 0 heterocycles. The lowest BCUT2D eigenvalue weighted by molar-refractivity contribution is 0.461. The first-order valence-electron chi connectivity index (χ1n) is 7.19. The third-order valence-corrected chi connectivity index (χ3v) is 4.38. The number of rotatable bonds is 8. The van der Waals surface area contributed by atoms with Crippen molar-refractivity contribution in [3.05, 3.63) is 24.3 Å². The van der Waals surface area contributed by atoms with E-state index in [0.29, 0.717) is 6.04 Å². The zero-order chi connectivity index (χ0) is 13.4. The molecule has 0 radical (unpaired) electrons. The minimum atomic E-state index is 0.596. The molecule has 0 aliphatic rings. The van der Waals surface area contributed by atoms with Gasteiger partial charge in [0.15, 0.2) is 0 Å². The first kappa shape index (κ1) is 15.4. The van der Waals surface area contributed by atoms with E-state index in [1.54, 1.807) is 0 Å². The van der Waals surface area contributed by atoms with Gasteiger partial charge in [0, 0.05) is 16.6 Å². The molecule has 1 nitrogen and oxygen atoms in total.